The van der Waals surface area contributed by atoms with E-state index in [2.05, 4.69) is 0 Å². The first-order valence-electron chi connectivity index (χ1n) is 4.24. The summed E-state index contributed by atoms with van der Waals surface area (Å²) in [7, 11) is 1.27. The van der Waals surface area contributed by atoms with Crippen LogP contribution in [0.2, 0.25) is 5.02 Å². The van der Waals surface area contributed by atoms with Crippen molar-refractivity contribution in [3.05, 3.63) is 34.6 Å². The third-order valence-corrected chi connectivity index (χ3v) is 2.29. The Morgan fingerprint density at radius 1 is 1.67 bits per heavy atom. The Morgan fingerprint density at radius 2 is 2.33 bits per heavy atom. The highest BCUT2D eigenvalue weighted by Gasteiger charge is 2.19. The SMILES string of the molecule is COC(Cc1cccc(Cl)c1F)C(=O)O. The van der Waals surface area contributed by atoms with Crippen LogP contribution in [0.4, 0.5) is 4.39 Å². The number of hydrogen-bond donors (Lipinski definition) is 1. The van der Waals surface area contributed by atoms with Gasteiger partial charge in [0.15, 0.2) is 6.10 Å². The second kappa shape index (κ2) is 5.09. The molecule has 82 valence electrons. The van der Waals surface area contributed by atoms with Crippen LogP contribution in [0.15, 0.2) is 18.2 Å². The Bertz CT molecular complexity index is 368. The predicted octanol–water partition coefficient (Wildman–Crippen LogP) is 2.12. The van der Waals surface area contributed by atoms with Crippen LogP contribution in [-0.4, -0.2) is 24.3 Å². The van der Waals surface area contributed by atoms with E-state index in [1.165, 1.54) is 19.2 Å². The van der Waals surface area contributed by atoms with Gasteiger partial charge in [0.2, 0.25) is 0 Å². The van der Waals surface area contributed by atoms with E-state index in [-0.39, 0.29) is 17.0 Å². The van der Waals surface area contributed by atoms with Gasteiger partial charge in [0.05, 0.1) is 5.02 Å². The summed E-state index contributed by atoms with van der Waals surface area (Å²) in [6.45, 7) is 0. The van der Waals surface area contributed by atoms with Gasteiger partial charge in [-0.05, 0) is 11.6 Å². The lowest BCUT2D eigenvalue weighted by Crippen LogP contribution is -2.25. The average molecular weight is 233 g/mol. The molecule has 5 heteroatoms. The van der Waals surface area contributed by atoms with Crippen LogP contribution in [0.1, 0.15) is 5.56 Å². The number of methoxy groups -OCH3 is 1. The molecule has 0 aliphatic carbocycles. The van der Waals surface area contributed by atoms with Crippen LogP contribution < -0.4 is 0 Å². The van der Waals surface area contributed by atoms with Gasteiger partial charge in [-0.2, -0.15) is 0 Å². The molecule has 1 atom stereocenters. The van der Waals surface area contributed by atoms with E-state index < -0.39 is 17.9 Å². The van der Waals surface area contributed by atoms with Crippen molar-refractivity contribution in [1.29, 1.82) is 0 Å². The van der Waals surface area contributed by atoms with Crippen molar-refractivity contribution in [2.75, 3.05) is 7.11 Å². The summed E-state index contributed by atoms with van der Waals surface area (Å²) in [5.74, 6) is -1.72. The van der Waals surface area contributed by atoms with Crippen molar-refractivity contribution in [2.45, 2.75) is 12.5 Å². The lowest BCUT2D eigenvalue weighted by atomic mass is 10.1. The van der Waals surface area contributed by atoms with Gasteiger partial charge in [0.1, 0.15) is 5.82 Å². The van der Waals surface area contributed by atoms with Gasteiger partial charge in [0, 0.05) is 13.5 Å². The van der Waals surface area contributed by atoms with Gasteiger partial charge < -0.3 is 9.84 Å². The molecule has 0 aliphatic heterocycles. The maximum Gasteiger partial charge on any atom is 0.333 e. The van der Waals surface area contributed by atoms with Gasteiger partial charge in [-0.25, -0.2) is 9.18 Å². The van der Waals surface area contributed by atoms with Crippen LogP contribution in [0, 0.1) is 5.82 Å². The topological polar surface area (TPSA) is 46.5 Å². The molecule has 0 radical (unpaired) electrons. The number of carbonyl (C=O) groups is 1. The molecule has 1 N–H and O–H groups in total. The number of aliphatic carboxylic acids is 1. The van der Waals surface area contributed by atoms with Crippen molar-refractivity contribution in [2.24, 2.45) is 0 Å². The standard InChI is InChI=1S/C10H10ClFO3/c1-15-8(10(13)14)5-6-3-2-4-7(11)9(6)12/h2-4,8H,5H2,1H3,(H,13,14). The van der Waals surface area contributed by atoms with E-state index >= 15 is 0 Å². The first-order chi connectivity index (χ1) is 7.06. The Hall–Kier alpha value is -1.13. The molecule has 0 saturated heterocycles. The molecule has 0 bridgehead atoms. The number of benzene rings is 1. The van der Waals surface area contributed by atoms with Gasteiger partial charge >= 0.3 is 5.97 Å². The molecule has 0 saturated carbocycles. The molecule has 0 fully saturated rings. The zero-order valence-electron chi connectivity index (χ0n) is 8.04. The largest absolute Gasteiger partial charge is 0.479 e. The van der Waals surface area contributed by atoms with E-state index in [4.69, 9.17) is 21.4 Å². The molecule has 0 aromatic heterocycles. The first-order valence-corrected chi connectivity index (χ1v) is 4.62. The van der Waals surface area contributed by atoms with Crippen LogP contribution in [0.25, 0.3) is 0 Å². The van der Waals surface area contributed by atoms with Gasteiger partial charge in [-0.1, -0.05) is 23.7 Å². The Kier molecular flexibility index (Phi) is 4.05. The van der Waals surface area contributed by atoms with Gasteiger partial charge in [-0.3, -0.25) is 0 Å². The monoisotopic (exact) mass is 232 g/mol. The number of carboxylic acid groups (broad SMARTS) is 1. The number of halogens is 2. The highest BCUT2D eigenvalue weighted by Crippen LogP contribution is 2.19. The summed E-state index contributed by atoms with van der Waals surface area (Å²) in [5, 5.41) is 8.69. The Balaban J connectivity index is 2.88. The third kappa shape index (κ3) is 2.91. The fourth-order valence-electron chi connectivity index (χ4n) is 1.18. The van der Waals surface area contributed by atoms with Crippen molar-refractivity contribution in [3.8, 4) is 0 Å². The molecule has 0 heterocycles. The number of ether oxygens (including phenoxy) is 1. The molecule has 1 rings (SSSR count). The zero-order valence-corrected chi connectivity index (χ0v) is 8.79. The molecule has 15 heavy (non-hydrogen) atoms. The van der Waals surface area contributed by atoms with Crippen molar-refractivity contribution < 1.29 is 19.0 Å². The van der Waals surface area contributed by atoms with Crippen LogP contribution >= 0.6 is 11.6 Å². The summed E-state index contributed by atoms with van der Waals surface area (Å²) in [4.78, 5) is 10.7. The Labute approximate surface area is 91.4 Å². The van der Waals surface area contributed by atoms with E-state index in [1.807, 2.05) is 0 Å². The smallest absolute Gasteiger partial charge is 0.333 e. The minimum Gasteiger partial charge on any atom is -0.479 e. The first kappa shape index (κ1) is 11.9. The number of hydrogen-bond acceptors (Lipinski definition) is 2. The normalized spacial score (nSPS) is 12.5. The third-order valence-electron chi connectivity index (χ3n) is 2.00. The number of rotatable bonds is 4. The molecule has 0 amide bonds. The maximum atomic E-state index is 13.4. The minimum absolute atomic E-state index is 0.0206. The lowest BCUT2D eigenvalue weighted by Gasteiger charge is -2.11. The summed E-state index contributed by atoms with van der Waals surface area (Å²) < 4.78 is 18.1. The fourth-order valence-corrected chi connectivity index (χ4v) is 1.37. The van der Waals surface area contributed by atoms with Crippen LogP contribution in [0.5, 0.6) is 0 Å². The summed E-state index contributed by atoms with van der Waals surface area (Å²) in [6, 6.07) is 4.45. The molecular weight excluding hydrogens is 223 g/mol. The van der Waals surface area contributed by atoms with E-state index in [9.17, 15) is 9.18 Å². The summed E-state index contributed by atoms with van der Waals surface area (Å²) in [5.41, 5.74) is 0.233. The van der Waals surface area contributed by atoms with E-state index in [1.54, 1.807) is 6.07 Å². The molecule has 1 aromatic rings. The van der Waals surface area contributed by atoms with Crippen LogP contribution in [-0.2, 0) is 16.0 Å². The summed E-state index contributed by atoms with van der Waals surface area (Å²) >= 11 is 5.56. The highest BCUT2D eigenvalue weighted by atomic mass is 35.5. The fraction of sp³-hybridized carbons (Fsp3) is 0.300. The van der Waals surface area contributed by atoms with Crippen LogP contribution in [0.3, 0.4) is 0 Å². The predicted molar refractivity (Wildman–Crippen MR) is 53.5 cm³/mol. The molecule has 0 aliphatic rings. The minimum atomic E-state index is -1.13. The van der Waals surface area contributed by atoms with Gasteiger partial charge in [0.25, 0.3) is 0 Å². The summed E-state index contributed by atoms with van der Waals surface area (Å²) in [6.07, 6.45) is -1.10. The molecule has 0 spiro atoms. The molecule has 1 unspecified atom stereocenters. The van der Waals surface area contributed by atoms with E-state index in [0.29, 0.717) is 0 Å². The van der Waals surface area contributed by atoms with Crippen molar-refractivity contribution in [3.63, 3.8) is 0 Å². The van der Waals surface area contributed by atoms with Crippen molar-refractivity contribution >= 4 is 17.6 Å². The molecule has 3 nitrogen and oxygen atoms in total. The maximum absolute atomic E-state index is 13.4. The molecule has 1 aromatic carbocycles. The van der Waals surface area contributed by atoms with E-state index in [0.717, 1.165) is 0 Å². The number of carboxylic acids is 1. The lowest BCUT2D eigenvalue weighted by molar-refractivity contribution is -0.148. The average Bonchev–Trinajstić information content (AvgIpc) is 2.19. The van der Waals surface area contributed by atoms with Crippen molar-refractivity contribution in [1.82, 2.24) is 0 Å². The Morgan fingerprint density at radius 3 is 2.87 bits per heavy atom. The molecular formula is C10H10ClFO3. The highest BCUT2D eigenvalue weighted by molar-refractivity contribution is 6.30. The second-order valence-corrected chi connectivity index (χ2v) is 3.39. The quantitative estimate of drug-likeness (QED) is 0.865. The zero-order chi connectivity index (χ0) is 11.4. The second-order valence-electron chi connectivity index (χ2n) is 2.98. The van der Waals surface area contributed by atoms with Gasteiger partial charge in [-0.15, -0.1) is 0 Å².